The molecule has 1 aliphatic rings. The fourth-order valence-corrected chi connectivity index (χ4v) is 5.57. The molecule has 1 heterocycles. The van der Waals surface area contributed by atoms with E-state index in [1.54, 1.807) is 0 Å². The van der Waals surface area contributed by atoms with Crippen LogP contribution in [-0.4, -0.2) is 18.4 Å². The van der Waals surface area contributed by atoms with Gasteiger partial charge in [0.1, 0.15) is 0 Å². The molecule has 3 rings (SSSR count). The minimum Gasteiger partial charge on any atom is -1.00 e. The molecule has 0 aromatic heterocycles. The van der Waals surface area contributed by atoms with Gasteiger partial charge in [-0.2, -0.15) is 0 Å². The highest BCUT2D eigenvalue weighted by atomic mass is 127. The van der Waals surface area contributed by atoms with E-state index < -0.39 is 0 Å². The number of nitrogens with zero attached hydrogens (tertiary/aromatic N) is 1. The number of hydrogen-bond acceptors (Lipinski definition) is 2. The maximum Gasteiger partial charge on any atom is 0.195 e. The standard InChI is InChI=1S/C14H14NS2.HI/c1-15(2)17-13-9-5-3-7-11(13)16-12-8-4-6-10-14(12)17;/h3-10H,1-2H3;1H/q+1;/p-1. The van der Waals surface area contributed by atoms with Gasteiger partial charge < -0.3 is 24.0 Å². The molecule has 0 unspecified atom stereocenters. The van der Waals surface area contributed by atoms with E-state index >= 15 is 0 Å². The van der Waals surface area contributed by atoms with Gasteiger partial charge in [-0.3, -0.25) is 0 Å². The summed E-state index contributed by atoms with van der Waals surface area (Å²) in [5.41, 5.74) is 0. The van der Waals surface area contributed by atoms with E-state index in [1.807, 2.05) is 11.8 Å². The third-order valence-electron chi connectivity index (χ3n) is 2.70. The Bertz CT molecular complexity index is 511. The van der Waals surface area contributed by atoms with Gasteiger partial charge in [-0.15, -0.1) is 4.31 Å². The molecule has 94 valence electrons. The normalized spacial score (nSPS) is 13.7. The van der Waals surface area contributed by atoms with Gasteiger partial charge in [0, 0.05) is 14.1 Å². The van der Waals surface area contributed by atoms with Gasteiger partial charge in [0.05, 0.1) is 9.79 Å². The third kappa shape index (κ3) is 2.43. The molecule has 0 bridgehead atoms. The second kappa shape index (κ2) is 5.86. The van der Waals surface area contributed by atoms with Gasteiger partial charge in [-0.25, -0.2) is 0 Å². The van der Waals surface area contributed by atoms with Crippen LogP contribution in [-0.2, 0) is 11.1 Å². The van der Waals surface area contributed by atoms with Crippen LogP contribution in [0.15, 0.2) is 68.1 Å². The van der Waals surface area contributed by atoms with E-state index in [2.05, 4.69) is 66.9 Å². The zero-order valence-corrected chi connectivity index (χ0v) is 14.1. The number of halogens is 1. The Labute approximate surface area is 132 Å². The van der Waals surface area contributed by atoms with Crippen molar-refractivity contribution in [3.8, 4) is 0 Å². The van der Waals surface area contributed by atoms with Crippen molar-refractivity contribution in [3.05, 3.63) is 48.5 Å². The molecule has 2 aromatic rings. The van der Waals surface area contributed by atoms with Crippen molar-refractivity contribution in [3.63, 3.8) is 0 Å². The first-order valence-electron chi connectivity index (χ1n) is 5.55. The molecular weight excluding hydrogens is 373 g/mol. The van der Waals surface area contributed by atoms with Crippen molar-refractivity contribution >= 4 is 22.8 Å². The highest BCUT2D eigenvalue weighted by molar-refractivity contribution is 8.03. The minimum atomic E-state index is 0. The lowest BCUT2D eigenvalue weighted by molar-refractivity contribution is -0.00000337. The molecule has 0 atom stereocenters. The molecule has 0 saturated heterocycles. The van der Waals surface area contributed by atoms with Crippen LogP contribution in [0.5, 0.6) is 0 Å². The Morgan fingerprint density at radius 3 is 1.72 bits per heavy atom. The summed E-state index contributed by atoms with van der Waals surface area (Å²) in [5, 5.41) is 0. The summed E-state index contributed by atoms with van der Waals surface area (Å²) in [5.74, 6) is 0. The van der Waals surface area contributed by atoms with Crippen molar-refractivity contribution in [2.24, 2.45) is 0 Å². The first-order chi connectivity index (χ1) is 8.27. The molecule has 0 amide bonds. The van der Waals surface area contributed by atoms with Crippen LogP contribution in [0.3, 0.4) is 0 Å². The Morgan fingerprint density at radius 2 is 1.28 bits per heavy atom. The second-order valence-corrected chi connectivity index (χ2v) is 7.36. The molecule has 18 heavy (non-hydrogen) atoms. The van der Waals surface area contributed by atoms with Crippen molar-refractivity contribution < 1.29 is 24.0 Å². The molecule has 0 aliphatic carbocycles. The molecule has 0 fully saturated rings. The number of rotatable bonds is 1. The lowest BCUT2D eigenvalue weighted by Gasteiger charge is -2.21. The summed E-state index contributed by atoms with van der Waals surface area (Å²) in [6, 6.07) is 17.5. The largest absolute Gasteiger partial charge is 1.00 e. The molecular formula is C14H14INS2. The van der Waals surface area contributed by atoms with Gasteiger partial charge in [0.15, 0.2) is 20.9 Å². The lowest BCUT2D eigenvalue weighted by atomic mass is 10.3. The third-order valence-corrected chi connectivity index (χ3v) is 6.39. The Kier molecular flexibility index (Phi) is 4.64. The molecule has 0 spiro atoms. The van der Waals surface area contributed by atoms with E-state index in [1.165, 1.54) is 19.6 Å². The summed E-state index contributed by atoms with van der Waals surface area (Å²) < 4.78 is 2.32. The zero-order chi connectivity index (χ0) is 11.8. The minimum absolute atomic E-state index is 0. The predicted molar refractivity (Wildman–Crippen MR) is 74.6 cm³/mol. The van der Waals surface area contributed by atoms with Crippen LogP contribution in [0, 0.1) is 0 Å². The molecule has 0 saturated carbocycles. The monoisotopic (exact) mass is 387 g/mol. The van der Waals surface area contributed by atoms with Crippen molar-refractivity contribution in [1.29, 1.82) is 0 Å². The number of fused-ring (bicyclic) bond motifs is 2. The SMILES string of the molecule is CN(C)[S+]1c2ccccc2Sc2ccccc21.[I-]. The number of hydrogen-bond donors (Lipinski definition) is 0. The van der Waals surface area contributed by atoms with E-state index in [9.17, 15) is 0 Å². The average molecular weight is 387 g/mol. The number of benzene rings is 2. The van der Waals surface area contributed by atoms with Gasteiger partial charge in [0.25, 0.3) is 0 Å². The van der Waals surface area contributed by atoms with Crippen LogP contribution >= 0.6 is 11.8 Å². The molecule has 1 aliphatic heterocycles. The second-order valence-electron chi connectivity index (χ2n) is 4.09. The first-order valence-corrected chi connectivity index (χ1v) is 7.55. The Balaban J connectivity index is 0.00000120. The Morgan fingerprint density at radius 1 is 0.833 bits per heavy atom. The quantitative estimate of drug-likeness (QED) is 0.523. The molecule has 0 radical (unpaired) electrons. The van der Waals surface area contributed by atoms with E-state index in [-0.39, 0.29) is 35.1 Å². The summed E-state index contributed by atoms with van der Waals surface area (Å²) in [6.45, 7) is 0. The fourth-order valence-electron chi connectivity index (χ4n) is 2.02. The van der Waals surface area contributed by atoms with Gasteiger partial charge in [-0.05, 0) is 24.3 Å². The summed E-state index contributed by atoms with van der Waals surface area (Å²) in [4.78, 5) is 5.67. The molecule has 4 heteroatoms. The van der Waals surface area contributed by atoms with E-state index in [0.29, 0.717) is 0 Å². The highest BCUT2D eigenvalue weighted by Gasteiger charge is 2.38. The highest BCUT2D eigenvalue weighted by Crippen LogP contribution is 2.45. The zero-order valence-electron chi connectivity index (χ0n) is 10.3. The summed E-state index contributed by atoms with van der Waals surface area (Å²) in [6.07, 6.45) is 0. The van der Waals surface area contributed by atoms with Crippen molar-refractivity contribution in [2.75, 3.05) is 14.1 Å². The molecule has 1 nitrogen and oxygen atoms in total. The molecule has 0 N–H and O–H groups in total. The first kappa shape index (κ1) is 14.2. The van der Waals surface area contributed by atoms with Crippen LogP contribution in [0.4, 0.5) is 0 Å². The summed E-state index contributed by atoms with van der Waals surface area (Å²) in [7, 11) is 4.32. The van der Waals surface area contributed by atoms with E-state index in [4.69, 9.17) is 0 Å². The maximum absolute atomic E-state index is 2.32. The van der Waals surface area contributed by atoms with Crippen LogP contribution in [0.2, 0.25) is 0 Å². The Hall–Kier alpha value is -0.170. The average Bonchev–Trinajstić information content (AvgIpc) is 2.35. The smallest absolute Gasteiger partial charge is 0.195 e. The van der Waals surface area contributed by atoms with Crippen molar-refractivity contribution in [1.82, 2.24) is 4.31 Å². The van der Waals surface area contributed by atoms with E-state index in [0.717, 1.165) is 0 Å². The molecule has 2 aromatic carbocycles. The maximum atomic E-state index is 2.32. The topological polar surface area (TPSA) is 3.24 Å². The van der Waals surface area contributed by atoms with Gasteiger partial charge >= 0.3 is 0 Å². The summed E-state index contributed by atoms with van der Waals surface area (Å²) >= 11 is 1.95. The van der Waals surface area contributed by atoms with Crippen LogP contribution < -0.4 is 24.0 Å². The van der Waals surface area contributed by atoms with Crippen LogP contribution in [0.25, 0.3) is 0 Å². The van der Waals surface area contributed by atoms with Gasteiger partial charge in [0.2, 0.25) is 0 Å². The lowest BCUT2D eigenvalue weighted by Crippen LogP contribution is -3.00. The van der Waals surface area contributed by atoms with Crippen molar-refractivity contribution in [2.45, 2.75) is 19.6 Å². The predicted octanol–water partition coefficient (Wildman–Crippen LogP) is 0.668. The van der Waals surface area contributed by atoms with Crippen LogP contribution in [0.1, 0.15) is 0 Å². The van der Waals surface area contributed by atoms with Gasteiger partial charge in [-0.1, -0.05) is 36.0 Å². The fraction of sp³-hybridized carbons (Fsp3) is 0.143.